The van der Waals surface area contributed by atoms with Gasteiger partial charge in [-0.15, -0.1) is 0 Å². The van der Waals surface area contributed by atoms with E-state index < -0.39 is 29.3 Å². The van der Waals surface area contributed by atoms with Gasteiger partial charge in [-0.3, -0.25) is 14.5 Å². The zero-order chi connectivity index (χ0) is 22.6. The van der Waals surface area contributed by atoms with Gasteiger partial charge in [0, 0.05) is 5.56 Å². The highest BCUT2D eigenvalue weighted by molar-refractivity contribution is 6.51. The van der Waals surface area contributed by atoms with Crippen molar-refractivity contribution >= 4 is 57.6 Å². The molecule has 10 heteroatoms. The van der Waals surface area contributed by atoms with E-state index in [1.807, 2.05) is 0 Å². The lowest BCUT2D eigenvalue weighted by Crippen LogP contribution is -2.30. The molecule has 160 valence electrons. The maximum absolute atomic E-state index is 13.6. The largest absolute Gasteiger partial charge is 0.507 e. The van der Waals surface area contributed by atoms with Gasteiger partial charge in [0.25, 0.3) is 5.78 Å². The van der Waals surface area contributed by atoms with Crippen LogP contribution in [-0.2, 0) is 9.59 Å². The summed E-state index contributed by atoms with van der Waals surface area (Å²) in [6, 6.07) is 10.2. The number of ketones is 1. The van der Waals surface area contributed by atoms with E-state index >= 15 is 0 Å². The van der Waals surface area contributed by atoms with Crippen LogP contribution >= 0.6 is 23.2 Å². The zero-order valence-corrected chi connectivity index (χ0v) is 17.5. The second kappa shape index (κ2) is 7.51. The molecule has 1 aliphatic rings. The van der Waals surface area contributed by atoms with Crippen LogP contribution in [0.15, 0.2) is 64.8 Å². The highest BCUT2D eigenvalue weighted by Crippen LogP contribution is 2.42. The number of furan rings is 1. The molecule has 5 rings (SSSR count). The Kier molecular flexibility index (Phi) is 4.76. The predicted octanol–water partition coefficient (Wildman–Crippen LogP) is 5.23. The van der Waals surface area contributed by atoms with E-state index in [1.165, 1.54) is 42.7 Å². The quantitative estimate of drug-likeness (QED) is 0.242. The van der Waals surface area contributed by atoms with Gasteiger partial charge in [-0.2, -0.15) is 0 Å². The number of imidazole rings is 1. The Morgan fingerprint density at radius 2 is 1.94 bits per heavy atom. The molecule has 2 aromatic heterocycles. The number of amides is 1. The van der Waals surface area contributed by atoms with Gasteiger partial charge in [0.15, 0.2) is 0 Å². The highest BCUT2D eigenvalue weighted by atomic mass is 35.5. The minimum Gasteiger partial charge on any atom is -0.507 e. The molecule has 7 nitrogen and oxygen atoms in total. The summed E-state index contributed by atoms with van der Waals surface area (Å²) in [4.78, 5) is 34.3. The van der Waals surface area contributed by atoms with Crippen LogP contribution in [0.2, 0.25) is 10.0 Å². The maximum atomic E-state index is 13.6. The lowest BCUT2D eigenvalue weighted by Gasteiger charge is -2.20. The molecule has 0 spiro atoms. The van der Waals surface area contributed by atoms with E-state index in [9.17, 15) is 19.1 Å². The number of rotatable bonds is 3. The number of aliphatic hydroxyl groups excluding tert-OH is 1. The molecule has 0 aliphatic carbocycles. The molecule has 1 atom stereocenters. The van der Waals surface area contributed by atoms with E-state index in [1.54, 1.807) is 12.1 Å². The number of carbonyl (C=O) groups is 2. The molecule has 1 fully saturated rings. The first-order valence-corrected chi connectivity index (χ1v) is 10.1. The minimum absolute atomic E-state index is 0.00212. The van der Waals surface area contributed by atoms with Crippen molar-refractivity contribution in [2.24, 2.45) is 0 Å². The number of hydrogen-bond acceptors (Lipinski definition) is 5. The van der Waals surface area contributed by atoms with Gasteiger partial charge in [0.1, 0.15) is 23.4 Å². The molecular weight excluding hydrogens is 460 g/mol. The SMILES string of the molecule is O=C1C(=O)N(c2nc3ccc(F)cc3[nH]2)C(c2ccco2)/C1=C(\O)c1ccc(Cl)c(Cl)c1. The Balaban J connectivity index is 1.71. The summed E-state index contributed by atoms with van der Waals surface area (Å²) in [5.74, 6) is -2.60. The van der Waals surface area contributed by atoms with Crippen LogP contribution in [0.4, 0.5) is 10.3 Å². The number of Topliss-reactive ketones (excluding diaryl/α,β-unsaturated/α-hetero) is 1. The molecule has 4 aromatic rings. The number of carbonyl (C=O) groups excluding carboxylic acids is 2. The number of fused-ring (bicyclic) bond motifs is 1. The van der Waals surface area contributed by atoms with Gasteiger partial charge < -0.3 is 14.5 Å². The summed E-state index contributed by atoms with van der Waals surface area (Å²) in [6.45, 7) is 0. The second-order valence-electron chi connectivity index (χ2n) is 7.04. The van der Waals surface area contributed by atoms with Gasteiger partial charge in [0.05, 0.1) is 32.9 Å². The van der Waals surface area contributed by atoms with Crippen molar-refractivity contribution in [1.82, 2.24) is 9.97 Å². The summed E-state index contributed by atoms with van der Waals surface area (Å²) in [5, 5.41) is 11.4. The summed E-state index contributed by atoms with van der Waals surface area (Å²) < 4.78 is 19.1. The van der Waals surface area contributed by atoms with Gasteiger partial charge in [-0.25, -0.2) is 9.37 Å². The van der Waals surface area contributed by atoms with Gasteiger partial charge in [-0.05, 0) is 48.5 Å². The minimum atomic E-state index is -1.12. The number of nitrogens with zero attached hydrogens (tertiary/aromatic N) is 2. The van der Waals surface area contributed by atoms with Crippen LogP contribution in [0.5, 0.6) is 0 Å². The number of anilines is 1. The molecular formula is C22H12Cl2FN3O4. The highest BCUT2D eigenvalue weighted by Gasteiger charge is 2.49. The van der Waals surface area contributed by atoms with Crippen molar-refractivity contribution in [3.63, 3.8) is 0 Å². The molecule has 0 radical (unpaired) electrons. The van der Waals surface area contributed by atoms with Crippen molar-refractivity contribution in [1.29, 1.82) is 0 Å². The molecule has 3 heterocycles. The molecule has 1 saturated heterocycles. The average Bonchev–Trinajstić information content (AvgIpc) is 3.48. The van der Waals surface area contributed by atoms with Gasteiger partial charge in [-0.1, -0.05) is 23.2 Å². The first kappa shape index (κ1) is 20.3. The third-order valence-electron chi connectivity index (χ3n) is 5.11. The lowest BCUT2D eigenvalue weighted by molar-refractivity contribution is -0.132. The fourth-order valence-electron chi connectivity index (χ4n) is 3.65. The fourth-order valence-corrected chi connectivity index (χ4v) is 3.95. The first-order chi connectivity index (χ1) is 15.3. The Bertz CT molecular complexity index is 1430. The summed E-state index contributed by atoms with van der Waals surface area (Å²) in [5.41, 5.74) is 0.714. The average molecular weight is 472 g/mol. The third-order valence-corrected chi connectivity index (χ3v) is 5.85. The Hall–Kier alpha value is -3.62. The molecule has 1 unspecified atom stereocenters. The smallest absolute Gasteiger partial charge is 0.302 e. The molecule has 0 saturated carbocycles. The number of H-pyrrole nitrogens is 1. The van der Waals surface area contributed by atoms with E-state index in [2.05, 4.69) is 9.97 Å². The number of aliphatic hydroxyl groups is 1. The normalized spacial score (nSPS) is 18.1. The molecule has 1 amide bonds. The molecule has 0 bridgehead atoms. The van der Waals surface area contributed by atoms with Crippen LogP contribution in [0.3, 0.4) is 0 Å². The number of benzene rings is 2. The van der Waals surface area contributed by atoms with Crippen LogP contribution in [0.25, 0.3) is 16.8 Å². The summed E-state index contributed by atoms with van der Waals surface area (Å²) in [7, 11) is 0. The zero-order valence-electron chi connectivity index (χ0n) is 16.0. The van der Waals surface area contributed by atoms with Crippen molar-refractivity contribution in [2.45, 2.75) is 6.04 Å². The number of aromatic amines is 1. The van der Waals surface area contributed by atoms with E-state index in [4.69, 9.17) is 27.6 Å². The van der Waals surface area contributed by atoms with Crippen LogP contribution in [-0.4, -0.2) is 26.8 Å². The Morgan fingerprint density at radius 3 is 2.66 bits per heavy atom. The third kappa shape index (κ3) is 3.16. The maximum Gasteiger partial charge on any atom is 0.302 e. The van der Waals surface area contributed by atoms with Crippen molar-refractivity contribution in [2.75, 3.05) is 4.90 Å². The van der Waals surface area contributed by atoms with Crippen LogP contribution < -0.4 is 4.90 Å². The standard InChI is InChI=1S/C22H12Cl2FN3O4/c23-12-5-3-10(8-13(12)24)19(29)17-18(16-2-1-7-32-16)28(21(31)20(17)30)22-26-14-6-4-11(25)9-15(14)27-22/h1-9,18,29H,(H,26,27)/b19-17+. The monoisotopic (exact) mass is 471 g/mol. The summed E-state index contributed by atoms with van der Waals surface area (Å²) >= 11 is 12.0. The van der Waals surface area contributed by atoms with E-state index in [0.29, 0.717) is 11.0 Å². The topological polar surface area (TPSA) is 99.4 Å². The van der Waals surface area contributed by atoms with Crippen molar-refractivity contribution in [3.8, 4) is 0 Å². The number of aromatic nitrogens is 2. The fraction of sp³-hybridized carbons (Fsp3) is 0.0455. The van der Waals surface area contributed by atoms with Crippen LogP contribution in [0, 0.1) is 5.82 Å². The predicted molar refractivity (Wildman–Crippen MR) is 116 cm³/mol. The van der Waals surface area contributed by atoms with Crippen LogP contribution in [0.1, 0.15) is 17.4 Å². The summed E-state index contributed by atoms with van der Waals surface area (Å²) in [6.07, 6.45) is 1.38. The van der Waals surface area contributed by atoms with E-state index in [0.717, 1.165) is 4.90 Å². The number of halogens is 3. The molecule has 1 aliphatic heterocycles. The van der Waals surface area contributed by atoms with Crippen molar-refractivity contribution in [3.05, 3.63) is 87.6 Å². The second-order valence-corrected chi connectivity index (χ2v) is 7.85. The number of nitrogens with one attached hydrogen (secondary N) is 1. The first-order valence-electron chi connectivity index (χ1n) is 9.30. The Labute approximate surface area is 189 Å². The van der Waals surface area contributed by atoms with E-state index in [-0.39, 0.29) is 32.9 Å². The lowest BCUT2D eigenvalue weighted by atomic mass is 9.99. The van der Waals surface area contributed by atoms with Crippen molar-refractivity contribution < 1.29 is 23.5 Å². The Morgan fingerprint density at radius 1 is 1.12 bits per heavy atom. The molecule has 2 N–H and O–H groups in total. The molecule has 2 aromatic carbocycles. The molecule has 32 heavy (non-hydrogen) atoms. The van der Waals surface area contributed by atoms with Gasteiger partial charge in [0.2, 0.25) is 5.95 Å². The van der Waals surface area contributed by atoms with Gasteiger partial charge >= 0.3 is 5.91 Å². The number of hydrogen-bond donors (Lipinski definition) is 2.